The number of hydrogen-bond donors (Lipinski definition) is 1. The van der Waals surface area contributed by atoms with Gasteiger partial charge in [-0.05, 0) is 134 Å². The molecule has 0 unspecified atom stereocenters. The lowest BCUT2D eigenvalue weighted by molar-refractivity contribution is -0.249. The molecule has 230 valence electrons. The maximum Gasteiger partial charge on any atom is 0.330 e. The van der Waals surface area contributed by atoms with E-state index in [0.29, 0.717) is 47.0 Å². The molecule has 0 radical (unpaired) electrons. The van der Waals surface area contributed by atoms with Crippen LogP contribution in [0.5, 0.6) is 0 Å². The Bertz CT molecular complexity index is 1230. The molecule has 0 aromatic heterocycles. The quantitative estimate of drug-likeness (QED) is 0.217. The number of aliphatic hydroxyl groups excluding tert-OH is 1. The number of ether oxygens (including phenoxy) is 1. The Hall–Kier alpha value is -1.87. The highest BCUT2D eigenvalue weighted by Gasteiger charge is 2.70. The summed E-state index contributed by atoms with van der Waals surface area (Å²) in [7, 11) is 0. The van der Waals surface area contributed by atoms with Crippen LogP contribution in [0.15, 0.2) is 48.6 Å². The summed E-state index contributed by atoms with van der Waals surface area (Å²) in [6.45, 7) is 20.0. The van der Waals surface area contributed by atoms with Crippen molar-refractivity contribution in [3.63, 3.8) is 0 Å². The second-order valence-electron chi connectivity index (χ2n) is 16.8. The lowest BCUT2D eigenvalue weighted by Crippen LogP contribution is -2.66. The summed E-state index contributed by atoms with van der Waals surface area (Å²) < 4.78 is 6.12. The van der Waals surface area contributed by atoms with Gasteiger partial charge >= 0.3 is 5.97 Å². The molecule has 5 saturated carbocycles. The van der Waals surface area contributed by atoms with E-state index in [0.717, 1.165) is 31.2 Å². The summed E-state index contributed by atoms with van der Waals surface area (Å²) in [5.41, 5.74) is 3.26. The lowest BCUT2D eigenvalue weighted by atomic mass is 9.32. The first-order chi connectivity index (χ1) is 19.8. The minimum Gasteiger partial charge on any atom is -0.462 e. The highest BCUT2D eigenvalue weighted by Crippen LogP contribution is 2.77. The van der Waals surface area contributed by atoms with Gasteiger partial charge in [0.15, 0.2) is 0 Å². The van der Waals surface area contributed by atoms with E-state index in [1.54, 1.807) is 6.08 Å². The molecule has 1 aromatic rings. The standard InChI is InChI=1S/C39H56O3/c1-26(2)28-17-22-39(25-42-33(41)16-13-27-11-9-8-10-12-27)24-23-37(6)29(34(28)39)14-15-31-36(5)20-19-32(40)35(3,4)30(36)18-21-38(31,37)7/h8-13,16,28-32,34,40H,1,14-15,17-25H2,2-7H3/t28-,29+,30-,31-,32-,34-,36+,37+,38+,39-/m0/s1. The van der Waals surface area contributed by atoms with Crippen molar-refractivity contribution in [2.24, 2.45) is 56.7 Å². The molecule has 10 atom stereocenters. The van der Waals surface area contributed by atoms with Crippen LogP contribution < -0.4 is 0 Å². The zero-order valence-electron chi connectivity index (χ0n) is 27.3. The van der Waals surface area contributed by atoms with Gasteiger partial charge < -0.3 is 9.84 Å². The molecule has 0 saturated heterocycles. The third kappa shape index (κ3) is 4.33. The Labute approximate surface area is 255 Å². The number of carbonyl (C=O) groups is 1. The first-order valence-corrected chi connectivity index (χ1v) is 17.0. The SMILES string of the molecule is C=C(C)[C@@H]1CC[C@@]2(COC(=O)C=Cc3ccccc3)CC[C@]3(C)[C@H](CC[C@H]4[C@]5(C)CC[C@H](O)C(C)(C)[C@@H]5CC[C@]43C)[C@H]12. The summed E-state index contributed by atoms with van der Waals surface area (Å²) in [5.74, 6) is 2.76. The molecule has 0 aliphatic heterocycles. The predicted molar refractivity (Wildman–Crippen MR) is 171 cm³/mol. The van der Waals surface area contributed by atoms with Crippen molar-refractivity contribution in [3.8, 4) is 0 Å². The van der Waals surface area contributed by atoms with Crippen LogP contribution in [-0.2, 0) is 9.53 Å². The van der Waals surface area contributed by atoms with Crippen LogP contribution in [0.1, 0.15) is 111 Å². The second kappa shape index (κ2) is 10.4. The number of hydrogen-bond acceptors (Lipinski definition) is 3. The maximum absolute atomic E-state index is 12.9. The molecule has 3 nitrogen and oxygen atoms in total. The van der Waals surface area contributed by atoms with Crippen molar-refractivity contribution < 1.29 is 14.6 Å². The molecule has 1 N–H and O–H groups in total. The highest BCUT2D eigenvalue weighted by atomic mass is 16.5. The fourth-order valence-corrected chi connectivity index (χ4v) is 12.5. The summed E-state index contributed by atoms with van der Waals surface area (Å²) >= 11 is 0. The summed E-state index contributed by atoms with van der Waals surface area (Å²) in [6, 6.07) is 9.99. The van der Waals surface area contributed by atoms with Crippen LogP contribution in [0.25, 0.3) is 6.08 Å². The number of esters is 1. The largest absolute Gasteiger partial charge is 0.462 e. The zero-order chi connectivity index (χ0) is 30.1. The van der Waals surface area contributed by atoms with E-state index in [1.165, 1.54) is 44.1 Å². The van der Waals surface area contributed by atoms with E-state index >= 15 is 0 Å². The molecule has 6 rings (SSSR count). The first-order valence-electron chi connectivity index (χ1n) is 17.0. The van der Waals surface area contributed by atoms with Crippen LogP contribution >= 0.6 is 0 Å². The van der Waals surface area contributed by atoms with Gasteiger partial charge in [-0.1, -0.05) is 77.1 Å². The van der Waals surface area contributed by atoms with Gasteiger partial charge in [-0.3, -0.25) is 0 Å². The van der Waals surface area contributed by atoms with Gasteiger partial charge in [0.05, 0.1) is 12.7 Å². The maximum atomic E-state index is 12.9. The van der Waals surface area contributed by atoms with Crippen LogP contribution in [0.4, 0.5) is 0 Å². The number of allylic oxidation sites excluding steroid dienone is 1. The topological polar surface area (TPSA) is 46.5 Å². The fourth-order valence-electron chi connectivity index (χ4n) is 12.5. The van der Waals surface area contributed by atoms with Crippen molar-refractivity contribution in [1.29, 1.82) is 0 Å². The molecular weight excluding hydrogens is 516 g/mol. The van der Waals surface area contributed by atoms with Crippen molar-refractivity contribution in [3.05, 3.63) is 54.1 Å². The van der Waals surface area contributed by atoms with Crippen LogP contribution in [0.2, 0.25) is 0 Å². The van der Waals surface area contributed by atoms with Crippen LogP contribution in [0.3, 0.4) is 0 Å². The van der Waals surface area contributed by atoms with Crippen molar-refractivity contribution in [2.45, 2.75) is 112 Å². The molecule has 5 aliphatic rings. The van der Waals surface area contributed by atoms with E-state index in [-0.39, 0.29) is 28.3 Å². The van der Waals surface area contributed by atoms with E-state index in [4.69, 9.17) is 4.74 Å². The normalized spacial score (nSPS) is 45.8. The monoisotopic (exact) mass is 572 g/mol. The third-order valence-corrected chi connectivity index (χ3v) is 14.9. The van der Waals surface area contributed by atoms with Gasteiger partial charge in [-0.15, -0.1) is 0 Å². The van der Waals surface area contributed by atoms with Gasteiger partial charge in [0, 0.05) is 11.5 Å². The Morgan fingerprint density at radius 1 is 0.905 bits per heavy atom. The van der Waals surface area contributed by atoms with Gasteiger partial charge in [-0.25, -0.2) is 4.79 Å². The van der Waals surface area contributed by atoms with Crippen molar-refractivity contribution in [2.75, 3.05) is 6.61 Å². The molecule has 0 spiro atoms. The highest BCUT2D eigenvalue weighted by molar-refractivity contribution is 5.87. The van der Waals surface area contributed by atoms with E-state index in [2.05, 4.69) is 48.1 Å². The Morgan fingerprint density at radius 2 is 1.64 bits per heavy atom. The van der Waals surface area contributed by atoms with Gasteiger partial charge in [0.2, 0.25) is 0 Å². The molecule has 0 amide bonds. The lowest BCUT2D eigenvalue weighted by Gasteiger charge is -2.73. The molecule has 3 heteroatoms. The third-order valence-electron chi connectivity index (χ3n) is 14.9. The summed E-state index contributed by atoms with van der Waals surface area (Å²) in [4.78, 5) is 12.9. The second-order valence-corrected chi connectivity index (χ2v) is 16.8. The van der Waals surface area contributed by atoms with Crippen molar-refractivity contribution >= 4 is 12.0 Å². The molecule has 0 heterocycles. The number of rotatable bonds is 5. The number of aliphatic hydroxyl groups is 1. The molecule has 0 bridgehead atoms. The van der Waals surface area contributed by atoms with E-state index < -0.39 is 0 Å². The average molecular weight is 573 g/mol. The molecule has 5 fully saturated rings. The van der Waals surface area contributed by atoms with Crippen LogP contribution in [0, 0.1) is 56.7 Å². The Balaban J connectivity index is 1.27. The fraction of sp³-hybridized carbons (Fsp3) is 0.718. The Morgan fingerprint density at radius 3 is 2.36 bits per heavy atom. The zero-order valence-corrected chi connectivity index (χ0v) is 27.3. The Kier molecular flexibility index (Phi) is 7.44. The first kappa shape index (κ1) is 30.2. The number of fused-ring (bicyclic) bond motifs is 7. The van der Waals surface area contributed by atoms with Crippen molar-refractivity contribution in [1.82, 2.24) is 0 Å². The minimum absolute atomic E-state index is 0.0108. The predicted octanol–water partition coefficient (Wildman–Crippen LogP) is 9.26. The summed E-state index contributed by atoms with van der Waals surface area (Å²) in [5, 5.41) is 11.0. The van der Waals surface area contributed by atoms with E-state index in [1.807, 2.05) is 36.4 Å². The molecule has 5 aliphatic carbocycles. The van der Waals surface area contributed by atoms with Gasteiger partial charge in [-0.2, -0.15) is 0 Å². The number of benzene rings is 1. The molecule has 42 heavy (non-hydrogen) atoms. The van der Waals surface area contributed by atoms with Gasteiger partial charge in [0.1, 0.15) is 0 Å². The summed E-state index contributed by atoms with van der Waals surface area (Å²) in [6.07, 6.45) is 15.2. The molecule has 1 aromatic carbocycles. The van der Waals surface area contributed by atoms with E-state index in [9.17, 15) is 9.90 Å². The van der Waals surface area contributed by atoms with Gasteiger partial charge in [0.25, 0.3) is 0 Å². The molecular formula is C39H56O3. The van der Waals surface area contributed by atoms with Crippen LogP contribution in [-0.4, -0.2) is 23.8 Å². The minimum atomic E-state index is -0.219. The smallest absolute Gasteiger partial charge is 0.330 e. The average Bonchev–Trinajstić information content (AvgIpc) is 3.34. The number of carbonyl (C=O) groups excluding carboxylic acids is 1.